The molecule has 4 rings (SSSR count). The van der Waals surface area contributed by atoms with Gasteiger partial charge in [0.05, 0.1) is 23.2 Å². The number of amidine groups is 1. The van der Waals surface area contributed by atoms with E-state index in [1.54, 1.807) is 6.21 Å². The largest absolute Gasteiger partial charge is 0.495 e. The zero-order valence-corrected chi connectivity index (χ0v) is 19.4. The van der Waals surface area contributed by atoms with Crippen molar-refractivity contribution in [2.45, 2.75) is 45.5 Å². The van der Waals surface area contributed by atoms with Crippen LogP contribution in [0.25, 0.3) is 0 Å². The summed E-state index contributed by atoms with van der Waals surface area (Å²) in [6.07, 6.45) is 1.63. The van der Waals surface area contributed by atoms with Gasteiger partial charge in [0.1, 0.15) is 12.4 Å². The summed E-state index contributed by atoms with van der Waals surface area (Å²) < 4.78 is 18.5. The van der Waals surface area contributed by atoms with Crippen molar-refractivity contribution < 1.29 is 18.8 Å². The van der Waals surface area contributed by atoms with Gasteiger partial charge in [0.25, 0.3) is 0 Å². The number of nitrogens with zero attached hydrogens (tertiary/aromatic N) is 2. The lowest BCUT2D eigenvalue weighted by Gasteiger charge is -2.32. The molecular formula is C23H26BN3O4S. The molecule has 0 aromatic heterocycles. The minimum atomic E-state index is -0.544. The van der Waals surface area contributed by atoms with Crippen LogP contribution in [0.15, 0.2) is 58.7 Å². The van der Waals surface area contributed by atoms with Crippen LogP contribution in [0.4, 0.5) is 0 Å². The van der Waals surface area contributed by atoms with Crippen LogP contribution in [0.3, 0.4) is 0 Å². The summed E-state index contributed by atoms with van der Waals surface area (Å²) in [4.78, 5) is 11.4. The molecule has 0 saturated carbocycles. The van der Waals surface area contributed by atoms with Gasteiger partial charge in [0, 0.05) is 0 Å². The highest BCUT2D eigenvalue weighted by Crippen LogP contribution is 2.36. The Morgan fingerprint density at radius 3 is 2.50 bits per heavy atom. The number of ether oxygens (including phenoxy) is 1. The van der Waals surface area contributed by atoms with E-state index in [0.29, 0.717) is 23.3 Å². The molecule has 0 aliphatic carbocycles. The molecule has 0 bridgehead atoms. The predicted molar refractivity (Wildman–Crippen MR) is 129 cm³/mol. The Balaban J connectivity index is 1.59. The Morgan fingerprint density at radius 2 is 1.84 bits per heavy atom. The Labute approximate surface area is 192 Å². The maximum atomic E-state index is 11.4. The number of hydrogen-bond acceptors (Lipinski definition) is 7. The third-order valence-corrected chi connectivity index (χ3v) is 6.61. The van der Waals surface area contributed by atoms with Gasteiger partial charge in [-0.05, 0) is 56.4 Å². The molecule has 9 heteroatoms. The van der Waals surface area contributed by atoms with Gasteiger partial charge in [-0.2, -0.15) is 5.10 Å². The van der Waals surface area contributed by atoms with Gasteiger partial charge in [-0.15, -0.1) is 5.10 Å². The second kappa shape index (κ2) is 9.09. The zero-order valence-electron chi connectivity index (χ0n) is 18.6. The van der Waals surface area contributed by atoms with Crippen molar-refractivity contribution in [3.63, 3.8) is 0 Å². The van der Waals surface area contributed by atoms with Crippen LogP contribution in [0.2, 0.25) is 0 Å². The first-order valence-corrected chi connectivity index (χ1v) is 11.4. The third-order valence-electron chi connectivity index (χ3n) is 5.75. The molecule has 0 atom stereocenters. The highest BCUT2D eigenvalue weighted by atomic mass is 32.2. The number of amides is 1. The highest BCUT2D eigenvalue weighted by Gasteiger charge is 2.52. The van der Waals surface area contributed by atoms with Crippen LogP contribution in [0.5, 0.6) is 5.75 Å². The molecule has 2 fully saturated rings. The van der Waals surface area contributed by atoms with Gasteiger partial charge in [0.2, 0.25) is 5.91 Å². The van der Waals surface area contributed by atoms with Crippen LogP contribution in [0.1, 0.15) is 38.8 Å². The van der Waals surface area contributed by atoms with Crippen molar-refractivity contribution in [2.24, 2.45) is 10.2 Å². The molecule has 2 aromatic carbocycles. The average molecular weight is 451 g/mol. The Bertz CT molecular complexity index is 1040. The molecule has 1 amide bonds. The number of carbonyl (C=O) groups excluding carboxylic acids is 1. The quantitative estimate of drug-likeness (QED) is 0.415. The van der Waals surface area contributed by atoms with Crippen LogP contribution < -0.4 is 15.5 Å². The second-order valence-electron chi connectivity index (χ2n) is 8.64. The van der Waals surface area contributed by atoms with Crippen LogP contribution in [0, 0.1) is 0 Å². The van der Waals surface area contributed by atoms with Crippen molar-refractivity contribution in [3.8, 4) is 5.75 Å². The van der Waals surface area contributed by atoms with E-state index in [1.165, 1.54) is 11.8 Å². The average Bonchev–Trinajstić information content (AvgIpc) is 3.26. The molecule has 0 radical (unpaired) electrons. The SMILES string of the molecule is CC1(C)OB(c2ccc(OCc3ccccc3)cc2C=NN=C2NC(=O)CS2)OC1(C)C. The van der Waals surface area contributed by atoms with Gasteiger partial charge in [-0.1, -0.05) is 48.2 Å². The second-order valence-corrected chi connectivity index (χ2v) is 9.60. The van der Waals surface area contributed by atoms with Gasteiger partial charge in [-0.25, -0.2) is 0 Å². The number of benzene rings is 2. The van der Waals surface area contributed by atoms with E-state index in [9.17, 15) is 4.79 Å². The van der Waals surface area contributed by atoms with Gasteiger partial charge in [-0.3, -0.25) is 4.79 Å². The fraction of sp³-hybridized carbons (Fsp3) is 0.348. The van der Waals surface area contributed by atoms with E-state index in [2.05, 4.69) is 15.5 Å². The van der Waals surface area contributed by atoms with E-state index in [0.717, 1.165) is 16.6 Å². The first-order valence-electron chi connectivity index (χ1n) is 10.4. The van der Waals surface area contributed by atoms with Crippen LogP contribution in [-0.2, 0) is 20.7 Å². The minimum absolute atomic E-state index is 0.0711. The van der Waals surface area contributed by atoms with Crippen molar-refractivity contribution in [3.05, 3.63) is 59.7 Å². The lowest BCUT2D eigenvalue weighted by molar-refractivity contribution is -0.116. The summed E-state index contributed by atoms with van der Waals surface area (Å²) in [5.74, 6) is 0.987. The summed E-state index contributed by atoms with van der Waals surface area (Å²) in [5.41, 5.74) is 1.77. The molecule has 2 aromatic rings. The number of hydrogen-bond donors (Lipinski definition) is 1. The molecular weight excluding hydrogens is 425 g/mol. The summed E-state index contributed by atoms with van der Waals surface area (Å²) in [5, 5.41) is 11.4. The van der Waals surface area contributed by atoms with Gasteiger partial charge in [0.15, 0.2) is 5.17 Å². The third kappa shape index (κ3) is 5.06. The van der Waals surface area contributed by atoms with Crippen molar-refractivity contribution in [2.75, 3.05) is 5.75 Å². The maximum Gasteiger partial charge on any atom is 0.495 e. The normalized spacial score (nSPS) is 20.8. The first kappa shape index (κ1) is 22.6. The lowest BCUT2D eigenvalue weighted by atomic mass is 9.76. The minimum Gasteiger partial charge on any atom is -0.489 e. The fourth-order valence-corrected chi connectivity index (χ4v) is 3.83. The predicted octanol–water partition coefficient (Wildman–Crippen LogP) is 3.12. The summed E-state index contributed by atoms with van der Waals surface area (Å²) >= 11 is 1.33. The Morgan fingerprint density at radius 1 is 1.12 bits per heavy atom. The summed E-state index contributed by atoms with van der Waals surface area (Å²) in [6, 6.07) is 15.7. The number of nitrogens with one attached hydrogen (secondary N) is 1. The van der Waals surface area contributed by atoms with Crippen LogP contribution in [-0.4, -0.2) is 41.4 Å². The highest BCUT2D eigenvalue weighted by molar-refractivity contribution is 8.15. The van der Waals surface area contributed by atoms with E-state index in [-0.39, 0.29) is 5.91 Å². The Hall–Kier alpha value is -2.62. The number of thioether (sulfide) groups is 1. The fourth-order valence-electron chi connectivity index (χ4n) is 3.20. The topological polar surface area (TPSA) is 81.5 Å². The molecule has 2 heterocycles. The molecule has 0 spiro atoms. The van der Waals surface area contributed by atoms with E-state index >= 15 is 0 Å². The van der Waals surface area contributed by atoms with Crippen molar-refractivity contribution in [1.82, 2.24) is 5.32 Å². The van der Waals surface area contributed by atoms with Crippen molar-refractivity contribution in [1.29, 1.82) is 0 Å². The first-order chi connectivity index (χ1) is 15.2. The van der Waals surface area contributed by atoms with E-state index < -0.39 is 18.3 Å². The standard InChI is InChI=1S/C23H26BN3O4S/c1-22(2)23(3,4)31-24(30-22)19-11-10-18(29-14-16-8-6-5-7-9-16)12-17(19)13-25-27-21-26-20(28)15-32-21/h5-13H,14-15H2,1-4H3,(H,26,27,28). The van der Waals surface area contributed by atoms with E-state index in [4.69, 9.17) is 14.0 Å². The molecule has 2 aliphatic rings. The van der Waals surface area contributed by atoms with Crippen LogP contribution >= 0.6 is 11.8 Å². The molecule has 7 nitrogen and oxygen atoms in total. The lowest BCUT2D eigenvalue weighted by Crippen LogP contribution is -2.41. The smallest absolute Gasteiger partial charge is 0.489 e. The van der Waals surface area contributed by atoms with Crippen molar-refractivity contribution >= 4 is 41.6 Å². The summed E-state index contributed by atoms with van der Waals surface area (Å²) in [7, 11) is -0.544. The Kier molecular flexibility index (Phi) is 6.41. The maximum absolute atomic E-state index is 11.4. The summed E-state index contributed by atoms with van der Waals surface area (Å²) in [6.45, 7) is 8.53. The zero-order chi connectivity index (χ0) is 22.8. The number of rotatable bonds is 6. The van der Waals surface area contributed by atoms with Gasteiger partial charge < -0.3 is 19.4 Å². The molecule has 166 valence electrons. The molecule has 2 aliphatic heterocycles. The van der Waals surface area contributed by atoms with E-state index in [1.807, 2.05) is 76.2 Å². The monoisotopic (exact) mass is 451 g/mol. The molecule has 1 N–H and O–H groups in total. The van der Waals surface area contributed by atoms with Gasteiger partial charge >= 0.3 is 7.12 Å². The molecule has 32 heavy (non-hydrogen) atoms. The number of carbonyl (C=O) groups is 1. The molecule has 2 saturated heterocycles. The molecule has 0 unspecified atom stereocenters.